The number of nitrogens with zero attached hydrogens (tertiary/aromatic N) is 3. The van der Waals surface area contributed by atoms with Crippen molar-refractivity contribution >= 4 is 21.5 Å². The van der Waals surface area contributed by atoms with E-state index in [1.54, 1.807) is 36.5 Å². The van der Waals surface area contributed by atoms with Crippen LogP contribution in [0.15, 0.2) is 59.6 Å². The average Bonchev–Trinajstić information content (AvgIpc) is 3.18. The molecule has 0 atom stereocenters. The maximum atomic E-state index is 13.1. The number of hydrogen-bond acceptors (Lipinski definition) is 4. The Morgan fingerprint density at radius 3 is 2.32 bits per heavy atom. The van der Waals surface area contributed by atoms with Crippen LogP contribution in [0.2, 0.25) is 0 Å². The second-order valence-corrected chi connectivity index (χ2v) is 8.06. The van der Waals surface area contributed by atoms with Gasteiger partial charge in [-0.25, -0.2) is 0 Å². The van der Waals surface area contributed by atoms with E-state index >= 15 is 0 Å². The second kappa shape index (κ2) is 5.74. The minimum atomic E-state index is -3.72. The van der Waals surface area contributed by atoms with Crippen LogP contribution in [-0.2, 0) is 16.4 Å². The summed E-state index contributed by atoms with van der Waals surface area (Å²) in [7, 11) is -3.72. The van der Waals surface area contributed by atoms with Crippen LogP contribution in [0, 0.1) is 13.8 Å². The van der Waals surface area contributed by atoms with Gasteiger partial charge in [-0.15, -0.1) is 4.09 Å². The SMILES string of the molecule is Cc1cccc(C)c1N1CCc2cnn(S(=O)(=O)c3ccccc3)c21. The predicted molar refractivity (Wildman–Crippen MR) is 97.9 cm³/mol. The zero-order chi connectivity index (χ0) is 17.6. The van der Waals surface area contributed by atoms with Crippen molar-refractivity contribution in [1.82, 2.24) is 9.19 Å². The number of aryl methyl sites for hydroxylation is 2. The van der Waals surface area contributed by atoms with Gasteiger partial charge in [-0.2, -0.15) is 13.5 Å². The molecule has 0 amide bonds. The van der Waals surface area contributed by atoms with Crippen molar-refractivity contribution in [3.63, 3.8) is 0 Å². The van der Waals surface area contributed by atoms with Gasteiger partial charge in [0.1, 0.15) is 0 Å². The van der Waals surface area contributed by atoms with Crippen LogP contribution in [0.25, 0.3) is 0 Å². The summed E-state index contributed by atoms with van der Waals surface area (Å²) in [5.74, 6) is 0.654. The highest BCUT2D eigenvalue weighted by Gasteiger charge is 2.32. The lowest BCUT2D eigenvalue weighted by Crippen LogP contribution is -2.24. The second-order valence-electron chi connectivity index (χ2n) is 6.30. The van der Waals surface area contributed by atoms with E-state index in [0.717, 1.165) is 35.3 Å². The van der Waals surface area contributed by atoms with E-state index in [9.17, 15) is 8.42 Å². The predicted octanol–water partition coefficient (Wildman–Crippen LogP) is 3.43. The zero-order valence-corrected chi connectivity index (χ0v) is 15.0. The van der Waals surface area contributed by atoms with Gasteiger partial charge in [-0.05, 0) is 43.5 Å². The summed E-state index contributed by atoms with van der Waals surface area (Å²) in [5.41, 5.74) is 4.27. The summed E-state index contributed by atoms with van der Waals surface area (Å²) < 4.78 is 27.3. The molecular weight excluding hydrogens is 334 g/mol. The third kappa shape index (κ3) is 2.44. The van der Waals surface area contributed by atoms with E-state index in [2.05, 4.69) is 10.00 Å². The van der Waals surface area contributed by atoms with Crippen LogP contribution in [0.5, 0.6) is 0 Å². The van der Waals surface area contributed by atoms with E-state index in [0.29, 0.717) is 5.82 Å². The van der Waals surface area contributed by atoms with Gasteiger partial charge in [0, 0.05) is 17.8 Å². The molecule has 2 aromatic carbocycles. The van der Waals surface area contributed by atoms with Crippen LogP contribution in [0.4, 0.5) is 11.5 Å². The van der Waals surface area contributed by atoms with Gasteiger partial charge in [-0.1, -0.05) is 36.4 Å². The number of hydrogen-bond donors (Lipinski definition) is 0. The van der Waals surface area contributed by atoms with Crippen molar-refractivity contribution in [3.8, 4) is 0 Å². The molecule has 4 rings (SSSR count). The molecule has 0 radical (unpaired) electrons. The van der Waals surface area contributed by atoms with E-state index in [-0.39, 0.29) is 4.90 Å². The van der Waals surface area contributed by atoms with Crippen molar-refractivity contribution < 1.29 is 8.42 Å². The van der Waals surface area contributed by atoms with Gasteiger partial charge < -0.3 is 4.90 Å². The van der Waals surface area contributed by atoms with Gasteiger partial charge in [0.25, 0.3) is 10.0 Å². The third-order valence-corrected chi connectivity index (χ3v) is 6.22. The van der Waals surface area contributed by atoms with Crippen molar-refractivity contribution in [2.45, 2.75) is 25.2 Å². The highest BCUT2D eigenvalue weighted by atomic mass is 32.2. The highest BCUT2D eigenvalue weighted by Crippen LogP contribution is 2.39. The molecule has 3 aromatic rings. The van der Waals surface area contributed by atoms with Gasteiger partial charge in [0.2, 0.25) is 0 Å². The Labute approximate surface area is 147 Å². The molecule has 0 fully saturated rings. The molecule has 128 valence electrons. The molecule has 1 aromatic heterocycles. The summed E-state index contributed by atoms with van der Waals surface area (Å²) in [4.78, 5) is 2.32. The fourth-order valence-corrected chi connectivity index (χ4v) is 4.78. The Bertz CT molecular complexity index is 1020. The maximum Gasteiger partial charge on any atom is 0.284 e. The molecule has 5 nitrogen and oxygen atoms in total. The maximum absolute atomic E-state index is 13.1. The molecule has 0 saturated carbocycles. The Morgan fingerprint density at radius 1 is 0.960 bits per heavy atom. The van der Waals surface area contributed by atoms with Gasteiger partial charge in [0.15, 0.2) is 5.82 Å². The zero-order valence-electron chi connectivity index (χ0n) is 14.2. The average molecular weight is 353 g/mol. The van der Waals surface area contributed by atoms with Gasteiger partial charge in [-0.3, -0.25) is 0 Å². The molecule has 0 saturated heterocycles. The lowest BCUT2D eigenvalue weighted by atomic mass is 10.1. The smallest absolute Gasteiger partial charge is 0.284 e. The Hall–Kier alpha value is -2.60. The van der Waals surface area contributed by atoms with Crippen LogP contribution in [0.3, 0.4) is 0 Å². The first-order chi connectivity index (χ1) is 12.0. The summed E-state index contributed by atoms with van der Waals surface area (Å²) in [6.07, 6.45) is 2.46. The summed E-state index contributed by atoms with van der Waals surface area (Å²) in [6, 6.07) is 14.6. The summed E-state index contributed by atoms with van der Waals surface area (Å²) in [6.45, 7) is 4.85. The molecule has 0 bridgehead atoms. The number of benzene rings is 2. The fraction of sp³-hybridized carbons (Fsp3) is 0.211. The molecule has 1 aliphatic heterocycles. The molecule has 6 heteroatoms. The monoisotopic (exact) mass is 353 g/mol. The standard InChI is InChI=1S/C19H19N3O2S/c1-14-7-6-8-15(2)18(14)21-12-11-16-13-20-22(19(16)21)25(23,24)17-9-4-3-5-10-17/h3-10,13H,11-12H2,1-2H3. The molecule has 0 unspecified atom stereocenters. The van der Waals surface area contributed by atoms with E-state index in [1.165, 1.54) is 4.09 Å². The molecule has 0 spiro atoms. The Morgan fingerprint density at radius 2 is 1.64 bits per heavy atom. The topological polar surface area (TPSA) is 55.2 Å². The van der Waals surface area contributed by atoms with E-state index in [4.69, 9.17) is 0 Å². The third-order valence-electron chi connectivity index (χ3n) is 4.63. The number of rotatable bonds is 3. The molecule has 2 heterocycles. The normalized spacial score (nSPS) is 13.9. The number of anilines is 2. The van der Waals surface area contributed by atoms with E-state index < -0.39 is 10.0 Å². The molecule has 25 heavy (non-hydrogen) atoms. The van der Waals surface area contributed by atoms with E-state index in [1.807, 2.05) is 32.0 Å². The lowest BCUT2D eigenvalue weighted by Gasteiger charge is -2.24. The summed E-state index contributed by atoms with van der Waals surface area (Å²) in [5, 5.41) is 4.21. The largest absolute Gasteiger partial charge is 0.325 e. The number of fused-ring (bicyclic) bond motifs is 1. The molecule has 0 N–H and O–H groups in total. The quantitative estimate of drug-likeness (QED) is 0.724. The fourth-order valence-electron chi connectivity index (χ4n) is 3.47. The van der Waals surface area contributed by atoms with Crippen LogP contribution >= 0.6 is 0 Å². The van der Waals surface area contributed by atoms with Crippen LogP contribution < -0.4 is 4.90 Å². The Kier molecular flexibility index (Phi) is 3.65. The first-order valence-corrected chi connectivity index (χ1v) is 9.65. The molecule has 0 aliphatic carbocycles. The Balaban J connectivity index is 1.89. The van der Waals surface area contributed by atoms with Crippen LogP contribution in [0.1, 0.15) is 16.7 Å². The van der Waals surface area contributed by atoms with Crippen molar-refractivity contribution in [2.75, 3.05) is 11.4 Å². The van der Waals surface area contributed by atoms with Crippen molar-refractivity contribution in [1.29, 1.82) is 0 Å². The lowest BCUT2D eigenvalue weighted by molar-refractivity contribution is 0.580. The molecule has 1 aliphatic rings. The minimum absolute atomic E-state index is 0.245. The minimum Gasteiger partial charge on any atom is -0.325 e. The van der Waals surface area contributed by atoms with Crippen molar-refractivity contribution in [2.24, 2.45) is 0 Å². The number of aromatic nitrogens is 2. The summed E-state index contributed by atoms with van der Waals surface area (Å²) >= 11 is 0. The first kappa shape index (κ1) is 15.9. The first-order valence-electron chi connectivity index (χ1n) is 8.21. The van der Waals surface area contributed by atoms with Gasteiger partial charge >= 0.3 is 0 Å². The van der Waals surface area contributed by atoms with Gasteiger partial charge in [0.05, 0.1) is 11.1 Å². The van der Waals surface area contributed by atoms with Crippen molar-refractivity contribution in [3.05, 3.63) is 71.4 Å². The van der Waals surface area contributed by atoms with Crippen LogP contribution in [-0.4, -0.2) is 24.1 Å². The number of para-hydroxylation sites is 1. The molecular formula is C19H19N3O2S. The highest BCUT2D eigenvalue weighted by molar-refractivity contribution is 7.90.